The van der Waals surface area contributed by atoms with Crippen LogP contribution in [0.15, 0.2) is 60.7 Å². The molecule has 0 aliphatic heterocycles. The summed E-state index contributed by atoms with van der Waals surface area (Å²) in [6.07, 6.45) is 3.16. The van der Waals surface area contributed by atoms with Gasteiger partial charge in [0.15, 0.2) is 0 Å². The van der Waals surface area contributed by atoms with E-state index in [0.717, 1.165) is 24.8 Å². The maximum absolute atomic E-state index is 12.4. The molecule has 2 N–H and O–H groups in total. The predicted octanol–water partition coefficient (Wildman–Crippen LogP) is 4.13. The summed E-state index contributed by atoms with van der Waals surface area (Å²) in [7, 11) is 0. The number of hydrogen-bond donors (Lipinski definition) is 2. The molecule has 0 spiro atoms. The van der Waals surface area contributed by atoms with E-state index >= 15 is 0 Å². The van der Waals surface area contributed by atoms with Crippen molar-refractivity contribution < 1.29 is 4.79 Å². The molecule has 114 valence electrons. The number of urea groups is 1. The van der Waals surface area contributed by atoms with Crippen LogP contribution in [-0.4, -0.2) is 6.03 Å². The van der Waals surface area contributed by atoms with E-state index in [1.54, 1.807) is 0 Å². The van der Waals surface area contributed by atoms with Crippen molar-refractivity contribution in [1.29, 1.82) is 0 Å². The standard InChI is InChI=1S/C19H22N2O/c1-15(16-9-4-2-5-10-16)20-18(22)21-19(13-8-14-19)17-11-6-3-7-12-17/h2-7,9-12,15H,8,13-14H2,1H3,(H2,20,21,22). The van der Waals surface area contributed by atoms with Crippen molar-refractivity contribution in [2.45, 2.75) is 37.8 Å². The molecule has 0 aromatic heterocycles. The molecule has 22 heavy (non-hydrogen) atoms. The molecule has 1 saturated carbocycles. The molecule has 2 aromatic rings. The van der Waals surface area contributed by atoms with Gasteiger partial charge in [-0.25, -0.2) is 4.79 Å². The van der Waals surface area contributed by atoms with Gasteiger partial charge >= 0.3 is 6.03 Å². The van der Waals surface area contributed by atoms with Crippen LogP contribution >= 0.6 is 0 Å². The van der Waals surface area contributed by atoms with Gasteiger partial charge in [-0.15, -0.1) is 0 Å². The third kappa shape index (κ3) is 2.98. The fourth-order valence-electron chi connectivity index (χ4n) is 3.05. The van der Waals surface area contributed by atoms with Crippen molar-refractivity contribution in [3.63, 3.8) is 0 Å². The summed E-state index contributed by atoms with van der Waals surface area (Å²) < 4.78 is 0. The van der Waals surface area contributed by atoms with Gasteiger partial charge in [-0.2, -0.15) is 0 Å². The van der Waals surface area contributed by atoms with Gasteiger partial charge < -0.3 is 10.6 Å². The smallest absolute Gasteiger partial charge is 0.315 e. The monoisotopic (exact) mass is 294 g/mol. The third-order valence-corrected chi connectivity index (χ3v) is 4.53. The lowest BCUT2D eigenvalue weighted by Crippen LogP contribution is -2.54. The van der Waals surface area contributed by atoms with Gasteiger partial charge in [-0.1, -0.05) is 60.7 Å². The molecule has 3 nitrogen and oxygen atoms in total. The van der Waals surface area contributed by atoms with E-state index in [4.69, 9.17) is 0 Å². The van der Waals surface area contributed by atoms with Crippen molar-refractivity contribution in [3.05, 3.63) is 71.8 Å². The van der Waals surface area contributed by atoms with Gasteiger partial charge in [0.1, 0.15) is 0 Å². The van der Waals surface area contributed by atoms with Crippen LogP contribution in [0.25, 0.3) is 0 Å². The normalized spacial score (nSPS) is 17.1. The molecular formula is C19H22N2O. The van der Waals surface area contributed by atoms with E-state index in [-0.39, 0.29) is 17.6 Å². The molecule has 2 amide bonds. The minimum absolute atomic E-state index is 0.00546. The van der Waals surface area contributed by atoms with Gasteiger partial charge in [0.25, 0.3) is 0 Å². The molecule has 0 heterocycles. The third-order valence-electron chi connectivity index (χ3n) is 4.53. The molecule has 1 unspecified atom stereocenters. The van der Waals surface area contributed by atoms with E-state index in [1.165, 1.54) is 5.56 Å². The Labute approximate surface area is 131 Å². The average Bonchev–Trinajstić information content (AvgIpc) is 2.52. The molecule has 0 saturated heterocycles. The lowest BCUT2D eigenvalue weighted by Gasteiger charge is -2.43. The lowest BCUT2D eigenvalue weighted by molar-refractivity contribution is 0.175. The Balaban J connectivity index is 1.66. The first-order chi connectivity index (χ1) is 10.7. The second-order valence-corrected chi connectivity index (χ2v) is 6.03. The number of benzene rings is 2. The highest BCUT2D eigenvalue weighted by atomic mass is 16.2. The molecular weight excluding hydrogens is 272 g/mol. The van der Waals surface area contributed by atoms with E-state index in [2.05, 4.69) is 22.8 Å². The van der Waals surface area contributed by atoms with Crippen LogP contribution in [0.3, 0.4) is 0 Å². The Morgan fingerprint density at radius 3 is 2.14 bits per heavy atom. The minimum atomic E-state index is -0.193. The zero-order valence-corrected chi connectivity index (χ0v) is 12.9. The number of nitrogens with one attached hydrogen (secondary N) is 2. The second-order valence-electron chi connectivity index (χ2n) is 6.03. The zero-order chi connectivity index (χ0) is 15.4. The van der Waals surface area contributed by atoms with Gasteiger partial charge in [0.2, 0.25) is 0 Å². The molecule has 1 aliphatic carbocycles. The molecule has 0 radical (unpaired) electrons. The fraction of sp³-hybridized carbons (Fsp3) is 0.316. The number of carbonyl (C=O) groups excluding carboxylic acids is 1. The quantitative estimate of drug-likeness (QED) is 0.874. The van der Waals surface area contributed by atoms with Crippen molar-refractivity contribution >= 4 is 6.03 Å². The maximum atomic E-state index is 12.4. The summed E-state index contributed by atoms with van der Waals surface area (Å²) in [5.74, 6) is 0. The molecule has 1 fully saturated rings. The molecule has 1 atom stereocenters. The minimum Gasteiger partial charge on any atom is -0.332 e. The Hall–Kier alpha value is -2.29. The average molecular weight is 294 g/mol. The van der Waals surface area contributed by atoms with Gasteiger partial charge in [0, 0.05) is 0 Å². The summed E-state index contributed by atoms with van der Waals surface area (Å²) in [5.41, 5.74) is 2.12. The summed E-state index contributed by atoms with van der Waals surface area (Å²) >= 11 is 0. The number of carbonyl (C=O) groups is 1. The first-order valence-electron chi connectivity index (χ1n) is 7.89. The summed E-state index contributed by atoms with van der Waals surface area (Å²) in [6, 6.07) is 20.2. The van der Waals surface area contributed by atoms with E-state index < -0.39 is 0 Å². The molecule has 3 rings (SSSR count). The van der Waals surface area contributed by atoms with Crippen LogP contribution in [0.2, 0.25) is 0 Å². The Morgan fingerprint density at radius 2 is 1.59 bits per heavy atom. The van der Waals surface area contributed by atoms with Gasteiger partial charge in [-0.3, -0.25) is 0 Å². The van der Waals surface area contributed by atoms with Crippen LogP contribution in [0.4, 0.5) is 4.79 Å². The van der Waals surface area contributed by atoms with Gasteiger partial charge in [0.05, 0.1) is 11.6 Å². The van der Waals surface area contributed by atoms with E-state index in [1.807, 2.05) is 55.5 Å². The van der Waals surface area contributed by atoms with E-state index in [0.29, 0.717) is 0 Å². The first-order valence-corrected chi connectivity index (χ1v) is 7.89. The Morgan fingerprint density at radius 1 is 1.00 bits per heavy atom. The SMILES string of the molecule is CC(NC(=O)NC1(c2ccccc2)CCC1)c1ccccc1. The van der Waals surface area contributed by atoms with Crippen LogP contribution in [0, 0.1) is 0 Å². The topological polar surface area (TPSA) is 41.1 Å². The summed E-state index contributed by atoms with van der Waals surface area (Å²) in [5, 5.41) is 6.24. The highest BCUT2D eigenvalue weighted by Gasteiger charge is 2.40. The van der Waals surface area contributed by atoms with E-state index in [9.17, 15) is 4.79 Å². The Bertz CT molecular complexity index is 620. The first kappa shape index (κ1) is 14.6. The Kier molecular flexibility index (Phi) is 4.14. The number of rotatable bonds is 4. The molecule has 3 heteroatoms. The highest BCUT2D eigenvalue weighted by Crippen LogP contribution is 2.41. The van der Waals surface area contributed by atoms with Crippen molar-refractivity contribution in [3.8, 4) is 0 Å². The van der Waals surface area contributed by atoms with Crippen LogP contribution in [0.1, 0.15) is 43.4 Å². The molecule has 1 aliphatic rings. The van der Waals surface area contributed by atoms with Crippen LogP contribution in [-0.2, 0) is 5.54 Å². The fourth-order valence-corrected chi connectivity index (χ4v) is 3.05. The highest BCUT2D eigenvalue weighted by molar-refractivity contribution is 5.75. The van der Waals surface area contributed by atoms with Crippen molar-refractivity contribution in [1.82, 2.24) is 10.6 Å². The molecule has 2 aromatic carbocycles. The zero-order valence-electron chi connectivity index (χ0n) is 12.9. The van der Waals surface area contributed by atoms with Crippen LogP contribution in [0.5, 0.6) is 0 Å². The predicted molar refractivity (Wildman–Crippen MR) is 88.5 cm³/mol. The van der Waals surface area contributed by atoms with Crippen molar-refractivity contribution in [2.24, 2.45) is 0 Å². The van der Waals surface area contributed by atoms with Crippen molar-refractivity contribution in [2.75, 3.05) is 0 Å². The lowest BCUT2D eigenvalue weighted by atomic mass is 9.72. The molecule has 0 bridgehead atoms. The number of amides is 2. The maximum Gasteiger partial charge on any atom is 0.315 e. The van der Waals surface area contributed by atoms with Crippen LogP contribution < -0.4 is 10.6 Å². The summed E-state index contributed by atoms with van der Waals surface area (Å²) in [4.78, 5) is 12.4. The second kappa shape index (κ2) is 6.22. The summed E-state index contributed by atoms with van der Waals surface area (Å²) in [6.45, 7) is 2.00. The largest absolute Gasteiger partial charge is 0.332 e. The van der Waals surface area contributed by atoms with Gasteiger partial charge in [-0.05, 0) is 37.3 Å². The number of hydrogen-bond acceptors (Lipinski definition) is 1.